The van der Waals surface area contributed by atoms with E-state index in [9.17, 15) is 9.59 Å². The van der Waals surface area contributed by atoms with E-state index in [0.717, 1.165) is 25.2 Å². The Bertz CT molecular complexity index is 819. The molecule has 0 radical (unpaired) electrons. The predicted octanol–water partition coefficient (Wildman–Crippen LogP) is 1.47. The number of hydrogen-bond acceptors (Lipinski definition) is 5. The lowest BCUT2D eigenvalue weighted by Crippen LogP contribution is -2.56. The highest BCUT2D eigenvalue weighted by atomic mass is 16.2. The maximum absolute atomic E-state index is 13.1. The number of dihydropyridines is 1. The first-order valence-corrected chi connectivity index (χ1v) is 9.76. The molecule has 0 spiro atoms. The Balaban J connectivity index is 1.54. The zero-order valence-corrected chi connectivity index (χ0v) is 16.2. The van der Waals surface area contributed by atoms with Gasteiger partial charge in [-0.3, -0.25) is 15.0 Å². The van der Waals surface area contributed by atoms with E-state index in [1.165, 1.54) is 0 Å². The molecule has 1 unspecified atom stereocenters. The third kappa shape index (κ3) is 3.54. The number of pyridine rings is 1. The van der Waals surface area contributed by atoms with E-state index in [-0.39, 0.29) is 18.0 Å². The van der Waals surface area contributed by atoms with Gasteiger partial charge in [-0.25, -0.2) is 9.78 Å². The number of rotatable bonds is 4. The van der Waals surface area contributed by atoms with Crippen molar-refractivity contribution in [2.75, 3.05) is 25.0 Å². The van der Waals surface area contributed by atoms with Crippen molar-refractivity contribution in [3.05, 3.63) is 48.1 Å². The summed E-state index contributed by atoms with van der Waals surface area (Å²) >= 11 is 0. The molecule has 0 aromatic carbocycles. The summed E-state index contributed by atoms with van der Waals surface area (Å²) in [7, 11) is 0. The van der Waals surface area contributed by atoms with Gasteiger partial charge in [-0.1, -0.05) is 26.0 Å². The highest BCUT2D eigenvalue weighted by Gasteiger charge is 2.42. The number of carbonyl (C=O) groups is 2. The summed E-state index contributed by atoms with van der Waals surface area (Å²) in [6.45, 7) is 6.43. The second-order valence-corrected chi connectivity index (χ2v) is 7.76. The average molecular weight is 382 g/mol. The molecule has 0 aliphatic carbocycles. The topological polar surface area (TPSA) is 89.6 Å². The summed E-state index contributed by atoms with van der Waals surface area (Å²) in [6.07, 6.45) is 6.35. The predicted molar refractivity (Wildman–Crippen MR) is 106 cm³/mol. The first-order chi connectivity index (χ1) is 13.5. The van der Waals surface area contributed by atoms with E-state index in [2.05, 4.69) is 39.7 Å². The lowest BCUT2D eigenvalue weighted by molar-refractivity contribution is -0.122. The molecular weight excluding hydrogens is 356 g/mol. The molecule has 4 rings (SSSR count). The second-order valence-electron chi connectivity index (χ2n) is 7.76. The summed E-state index contributed by atoms with van der Waals surface area (Å²) in [5.74, 6) is 1.49. The summed E-state index contributed by atoms with van der Waals surface area (Å²) in [4.78, 5) is 33.8. The number of urea groups is 1. The van der Waals surface area contributed by atoms with Crippen LogP contribution in [0.4, 0.5) is 10.6 Å². The van der Waals surface area contributed by atoms with Crippen molar-refractivity contribution < 1.29 is 9.59 Å². The van der Waals surface area contributed by atoms with Crippen LogP contribution in [0.2, 0.25) is 0 Å². The third-order valence-electron chi connectivity index (χ3n) is 5.18. The normalized spacial score (nSPS) is 22.8. The molecule has 1 fully saturated rings. The first kappa shape index (κ1) is 18.3. The third-order valence-corrected chi connectivity index (χ3v) is 5.18. The highest BCUT2D eigenvalue weighted by Crippen LogP contribution is 2.33. The lowest BCUT2D eigenvalue weighted by Gasteiger charge is -2.40. The number of allylic oxidation sites excluding steroid dienone is 1. The molecule has 28 heavy (non-hydrogen) atoms. The number of fused-ring (bicyclic) bond motifs is 3. The Morgan fingerprint density at radius 3 is 2.96 bits per heavy atom. The van der Waals surface area contributed by atoms with Crippen molar-refractivity contribution in [3.63, 3.8) is 0 Å². The Morgan fingerprint density at radius 1 is 1.36 bits per heavy atom. The molecule has 4 heterocycles. The fourth-order valence-corrected chi connectivity index (χ4v) is 3.78. The molecule has 1 aromatic heterocycles. The second kappa shape index (κ2) is 7.53. The van der Waals surface area contributed by atoms with Crippen molar-refractivity contribution in [1.29, 1.82) is 0 Å². The molecule has 2 atom stereocenters. The number of anilines is 1. The van der Waals surface area contributed by atoms with Gasteiger partial charge < -0.3 is 15.5 Å². The monoisotopic (exact) mass is 382 g/mol. The van der Waals surface area contributed by atoms with Gasteiger partial charge in [0.1, 0.15) is 17.7 Å². The first-order valence-electron chi connectivity index (χ1n) is 9.76. The average Bonchev–Trinajstić information content (AvgIpc) is 3.11. The van der Waals surface area contributed by atoms with Gasteiger partial charge in [-0.2, -0.15) is 0 Å². The van der Waals surface area contributed by atoms with Gasteiger partial charge in [0.2, 0.25) is 5.91 Å². The molecule has 8 nitrogen and oxygen atoms in total. The quantitative estimate of drug-likeness (QED) is 0.734. The molecule has 3 N–H and O–H groups in total. The van der Waals surface area contributed by atoms with Crippen LogP contribution in [0, 0.1) is 5.92 Å². The van der Waals surface area contributed by atoms with Crippen LogP contribution in [0.25, 0.3) is 0 Å². The van der Waals surface area contributed by atoms with E-state index >= 15 is 0 Å². The highest BCUT2D eigenvalue weighted by molar-refractivity contribution is 5.91. The van der Waals surface area contributed by atoms with Crippen LogP contribution < -0.4 is 16.0 Å². The number of carbonyl (C=O) groups excluding carboxylic acids is 2. The molecule has 148 valence electrons. The van der Waals surface area contributed by atoms with E-state index < -0.39 is 6.04 Å². The van der Waals surface area contributed by atoms with Gasteiger partial charge in [0.15, 0.2) is 0 Å². The molecule has 3 aliphatic rings. The molecular formula is C20H26N6O2. The Hall–Kier alpha value is -3.03. The fourth-order valence-electron chi connectivity index (χ4n) is 3.78. The lowest BCUT2D eigenvalue weighted by atomic mass is 10.1. The summed E-state index contributed by atoms with van der Waals surface area (Å²) in [5, 5.41) is 9.10. The molecule has 3 aliphatic heterocycles. The maximum Gasteiger partial charge on any atom is 0.328 e. The molecule has 2 bridgehead atoms. The number of nitrogens with zero attached hydrogens (tertiary/aromatic N) is 3. The van der Waals surface area contributed by atoms with Crippen LogP contribution in [0.5, 0.6) is 0 Å². The summed E-state index contributed by atoms with van der Waals surface area (Å²) in [6, 6.07) is 4.73. The Labute approximate surface area is 164 Å². The van der Waals surface area contributed by atoms with Crippen molar-refractivity contribution in [2.24, 2.45) is 5.92 Å². The minimum Gasteiger partial charge on any atom is -0.366 e. The summed E-state index contributed by atoms with van der Waals surface area (Å²) < 4.78 is 0. The zero-order valence-electron chi connectivity index (χ0n) is 16.2. The van der Waals surface area contributed by atoms with Crippen molar-refractivity contribution in [1.82, 2.24) is 25.4 Å². The largest absolute Gasteiger partial charge is 0.366 e. The molecule has 0 saturated carbocycles. The SMILES string of the molecule is CC(C)CNC(=O)C1C=CC2=C(N1)N(C(=O)Nc1ccccn1)[C@H]1CCN2C1. The molecule has 1 aromatic rings. The van der Waals surface area contributed by atoms with Gasteiger partial charge in [0.25, 0.3) is 0 Å². The van der Waals surface area contributed by atoms with Gasteiger partial charge in [0, 0.05) is 25.8 Å². The van der Waals surface area contributed by atoms with Crippen LogP contribution in [0.15, 0.2) is 48.1 Å². The van der Waals surface area contributed by atoms with E-state index in [4.69, 9.17) is 0 Å². The summed E-state index contributed by atoms with van der Waals surface area (Å²) in [5.41, 5.74) is 0.956. The fraction of sp³-hybridized carbons (Fsp3) is 0.450. The van der Waals surface area contributed by atoms with E-state index in [0.29, 0.717) is 24.1 Å². The van der Waals surface area contributed by atoms with Gasteiger partial charge >= 0.3 is 6.03 Å². The van der Waals surface area contributed by atoms with Crippen LogP contribution in [-0.4, -0.2) is 58.4 Å². The number of hydrogen-bond donors (Lipinski definition) is 3. The number of amides is 3. The van der Waals surface area contributed by atoms with Gasteiger partial charge in [-0.05, 0) is 30.5 Å². The van der Waals surface area contributed by atoms with Crippen LogP contribution in [0.3, 0.4) is 0 Å². The smallest absolute Gasteiger partial charge is 0.328 e. The van der Waals surface area contributed by atoms with Crippen LogP contribution >= 0.6 is 0 Å². The van der Waals surface area contributed by atoms with Crippen molar-refractivity contribution in [3.8, 4) is 0 Å². The van der Waals surface area contributed by atoms with Crippen molar-refractivity contribution in [2.45, 2.75) is 32.4 Å². The van der Waals surface area contributed by atoms with Crippen LogP contribution in [0.1, 0.15) is 20.3 Å². The maximum atomic E-state index is 13.1. The van der Waals surface area contributed by atoms with Crippen molar-refractivity contribution >= 4 is 17.8 Å². The molecule has 3 amide bonds. The number of aromatic nitrogens is 1. The Kier molecular flexibility index (Phi) is 4.93. The minimum atomic E-state index is -0.499. The zero-order chi connectivity index (χ0) is 19.7. The van der Waals surface area contributed by atoms with E-state index in [1.807, 2.05) is 18.2 Å². The minimum absolute atomic E-state index is 0.0702. The van der Waals surface area contributed by atoms with E-state index in [1.54, 1.807) is 23.2 Å². The molecule has 8 heteroatoms. The van der Waals surface area contributed by atoms with Gasteiger partial charge in [0.05, 0.1) is 11.7 Å². The van der Waals surface area contributed by atoms with Gasteiger partial charge in [-0.15, -0.1) is 0 Å². The van der Waals surface area contributed by atoms with Crippen LogP contribution in [-0.2, 0) is 4.79 Å². The number of nitrogens with one attached hydrogen (secondary N) is 3. The standard InChI is InChI=1S/C20H26N6O2/c1-13(2)11-22-19(27)15-6-7-16-18(23-15)26(14-8-10-25(16)12-14)20(28)24-17-5-3-4-9-21-17/h3-7,9,13-15,23H,8,10-12H2,1-2H3,(H,22,27)(H,21,24,28)/t14-,15?/m0/s1. The molecule has 1 saturated heterocycles. The Morgan fingerprint density at radius 2 is 2.21 bits per heavy atom.